The van der Waals surface area contributed by atoms with Crippen LogP contribution in [0, 0.1) is 5.92 Å². The van der Waals surface area contributed by atoms with Gasteiger partial charge >= 0.3 is 0 Å². The molecule has 0 N–H and O–H groups in total. The molecule has 1 unspecified atom stereocenters. The van der Waals surface area contributed by atoms with E-state index < -0.39 is 6.04 Å². The van der Waals surface area contributed by atoms with E-state index in [2.05, 4.69) is 10.0 Å². The monoisotopic (exact) mass is 197 g/mol. The minimum atomic E-state index is -0.462. The quantitative estimate of drug-likeness (QED) is 0.350. The number of rotatable bonds is 7. The molecule has 4 nitrogen and oxygen atoms in total. The lowest BCUT2D eigenvalue weighted by Gasteiger charge is -2.15. The molecule has 0 saturated heterocycles. The van der Waals surface area contributed by atoms with E-state index in [4.69, 9.17) is 5.53 Å². The molecule has 0 aromatic carbocycles. The van der Waals surface area contributed by atoms with Crippen LogP contribution >= 0.6 is 0 Å². The van der Waals surface area contributed by atoms with Crippen LogP contribution in [0.25, 0.3) is 10.4 Å². The van der Waals surface area contributed by atoms with Gasteiger partial charge in [0.15, 0.2) is 0 Å². The first-order valence-corrected chi connectivity index (χ1v) is 5.24. The Balaban J connectivity index is 4.32. The molecule has 0 aliphatic heterocycles. The lowest BCUT2D eigenvalue weighted by Crippen LogP contribution is -2.25. The number of carbonyl (C=O) groups excluding carboxylic acids is 1. The van der Waals surface area contributed by atoms with Crippen LogP contribution in [0.4, 0.5) is 0 Å². The number of carbonyl (C=O) groups is 1. The Kier molecular flexibility index (Phi) is 6.85. The zero-order valence-electron chi connectivity index (χ0n) is 9.23. The summed E-state index contributed by atoms with van der Waals surface area (Å²) in [5, 5.41) is 3.58. The van der Waals surface area contributed by atoms with E-state index in [-0.39, 0.29) is 11.7 Å². The van der Waals surface area contributed by atoms with Crippen LogP contribution < -0.4 is 0 Å². The highest BCUT2D eigenvalue weighted by Gasteiger charge is 2.21. The maximum Gasteiger partial charge on any atom is 0.142 e. The molecule has 0 aromatic rings. The first kappa shape index (κ1) is 13.0. The van der Waals surface area contributed by atoms with Gasteiger partial charge in [0.25, 0.3) is 0 Å². The van der Waals surface area contributed by atoms with Crippen LogP contribution in [0.5, 0.6) is 0 Å². The number of azide groups is 1. The molecule has 0 fully saturated rings. The molecule has 0 amide bonds. The highest BCUT2D eigenvalue weighted by Crippen LogP contribution is 2.15. The van der Waals surface area contributed by atoms with Crippen molar-refractivity contribution in [3.63, 3.8) is 0 Å². The van der Waals surface area contributed by atoms with E-state index in [0.29, 0.717) is 6.42 Å². The van der Waals surface area contributed by atoms with E-state index in [1.54, 1.807) is 0 Å². The van der Waals surface area contributed by atoms with E-state index in [1.165, 1.54) is 0 Å². The van der Waals surface area contributed by atoms with Crippen molar-refractivity contribution >= 4 is 5.78 Å². The molecule has 0 radical (unpaired) electrons. The Hall–Kier alpha value is -1.02. The number of unbranched alkanes of at least 4 members (excludes halogenated alkanes) is 1. The minimum absolute atomic E-state index is 0.0824. The summed E-state index contributed by atoms with van der Waals surface area (Å²) in [6, 6.07) is -0.462. The molecule has 14 heavy (non-hydrogen) atoms. The third-order valence-electron chi connectivity index (χ3n) is 2.47. The van der Waals surface area contributed by atoms with Gasteiger partial charge in [-0.2, -0.15) is 0 Å². The molecule has 0 rings (SSSR count). The second-order valence-electron chi connectivity index (χ2n) is 3.61. The van der Waals surface area contributed by atoms with E-state index in [0.717, 1.165) is 19.3 Å². The summed E-state index contributed by atoms with van der Waals surface area (Å²) < 4.78 is 0. The summed E-state index contributed by atoms with van der Waals surface area (Å²) in [7, 11) is 0. The second kappa shape index (κ2) is 7.39. The Bertz CT molecular complexity index is 221. The third kappa shape index (κ3) is 4.28. The minimum Gasteiger partial charge on any atom is -0.299 e. The van der Waals surface area contributed by atoms with Crippen LogP contribution in [-0.2, 0) is 4.79 Å². The maximum absolute atomic E-state index is 11.6. The van der Waals surface area contributed by atoms with Crippen LogP contribution in [0.3, 0.4) is 0 Å². The Labute approximate surface area is 85.3 Å². The average molecular weight is 197 g/mol. The molecule has 0 bridgehead atoms. The van der Waals surface area contributed by atoms with Crippen LogP contribution in [0.15, 0.2) is 5.11 Å². The summed E-state index contributed by atoms with van der Waals surface area (Å²) in [5.74, 6) is 0.231. The topological polar surface area (TPSA) is 65.8 Å². The van der Waals surface area contributed by atoms with Crippen molar-refractivity contribution in [2.24, 2.45) is 11.0 Å². The summed E-state index contributed by atoms with van der Waals surface area (Å²) >= 11 is 0. The van der Waals surface area contributed by atoms with Crippen LogP contribution in [0.1, 0.15) is 46.5 Å². The largest absolute Gasteiger partial charge is 0.299 e. The number of hydrogen-bond acceptors (Lipinski definition) is 2. The summed E-state index contributed by atoms with van der Waals surface area (Å²) in [4.78, 5) is 14.4. The standard InChI is InChI=1S/C10H19N3O/c1-4-6-7-9(14)10(12-13-11)8(3)5-2/h8,10H,4-7H2,1-3H3/t8?,10-/m0/s1. The molecule has 80 valence electrons. The smallest absolute Gasteiger partial charge is 0.142 e. The fourth-order valence-corrected chi connectivity index (χ4v) is 1.27. The molecular formula is C10H19N3O. The average Bonchev–Trinajstić information content (AvgIpc) is 2.21. The Morgan fingerprint density at radius 2 is 2.14 bits per heavy atom. The van der Waals surface area contributed by atoms with Crippen molar-refractivity contribution in [1.29, 1.82) is 0 Å². The SMILES string of the molecule is CCCCC(=O)[C@@H](N=[N+]=[N-])C(C)CC. The van der Waals surface area contributed by atoms with Gasteiger partial charge < -0.3 is 0 Å². The zero-order valence-corrected chi connectivity index (χ0v) is 9.23. The second-order valence-corrected chi connectivity index (χ2v) is 3.61. The lowest BCUT2D eigenvalue weighted by molar-refractivity contribution is -0.121. The number of ketones is 1. The highest BCUT2D eigenvalue weighted by molar-refractivity contribution is 5.84. The molecular weight excluding hydrogens is 178 g/mol. The van der Waals surface area contributed by atoms with E-state index in [1.807, 2.05) is 20.8 Å². The number of Topliss-reactive ketones (excluding diaryl/α,β-unsaturated/α-hetero) is 1. The van der Waals surface area contributed by atoms with Gasteiger partial charge in [0.2, 0.25) is 0 Å². The van der Waals surface area contributed by atoms with Gasteiger partial charge in [0.1, 0.15) is 5.78 Å². The van der Waals surface area contributed by atoms with Crippen molar-refractivity contribution in [3.05, 3.63) is 10.4 Å². The van der Waals surface area contributed by atoms with Gasteiger partial charge in [-0.1, -0.05) is 38.7 Å². The van der Waals surface area contributed by atoms with Crippen molar-refractivity contribution < 1.29 is 4.79 Å². The molecule has 0 aliphatic rings. The van der Waals surface area contributed by atoms with Gasteiger partial charge in [-0.3, -0.25) is 4.79 Å². The maximum atomic E-state index is 11.6. The normalized spacial score (nSPS) is 14.2. The van der Waals surface area contributed by atoms with Gasteiger partial charge in [0.05, 0.1) is 6.04 Å². The molecule has 4 heteroatoms. The molecule has 0 spiro atoms. The fraction of sp³-hybridized carbons (Fsp3) is 0.900. The van der Waals surface area contributed by atoms with Crippen LogP contribution in [-0.4, -0.2) is 11.8 Å². The summed E-state index contributed by atoms with van der Waals surface area (Å²) in [6.45, 7) is 5.99. The number of nitrogens with zero attached hydrogens (tertiary/aromatic N) is 3. The molecule has 0 saturated carbocycles. The Morgan fingerprint density at radius 3 is 2.57 bits per heavy atom. The molecule has 0 aliphatic carbocycles. The van der Waals surface area contributed by atoms with Crippen molar-refractivity contribution in [2.45, 2.75) is 52.5 Å². The van der Waals surface area contributed by atoms with Gasteiger partial charge in [-0.25, -0.2) is 0 Å². The predicted octanol–water partition coefficient (Wildman–Crippen LogP) is 3.47. The summed E-state index contributed by atoms with van der Waals surface area (Å²) in [6.07, 6.45) is 3.27. The Morgan fingerprint density at radius 1 is 1.50 bits per heavy atom. The van der Waals surface area contributed by atoms with Gasteiger partial charge in [-0.15, -0.1) is 0 Å². The summed E-state index contributed by atoms with van der Waals surface area (Å²) in [5.41, 5.74) is 8.36. The van der Waals surface area contributed by atoms with Gasteiger partial charge in [-0.05, 0) is 17.9 Å². The first-order valence-electron chi connectivity index (χ1n) is 5.24. The zero-order chi connectivity index (χ0) is 11.0. The van der Waals surface area contributed by atoms with Gasteiger partial charge in [0, 0.05) is 11.3 Å². The first-order chi connectivity index (χ1) is 6.67. The number of hydrogen-bond donors (Lipinski definition) is 0. The van der Waals surface area contributed by atoms with Crippen molar-refractivity contribution in [2.75, 3.05) is 0 Å². The third-order valence-corrected chi connectivity index (χ3v) is 2.47. The van der Waals surface area contributed by atoms with Crippen molar-refractivity contribution in [1.82, 2.24) is 0 Å². The molecule has 0 heterocycles. The van der Waals surface area contributed by atoms with E-state index >= 15 is 0 Å². The van der Waals surface area contributed by atoms with E-state index in [9.17, 15) is 4.79 Å². The van der Waals surface area contributed by atoms with Crippen molar-refractivity contribution in [3.8, 4) is 0 Å². The highest BCUT2D eigenvalue weighted by atomic mass is 16.1. The van der Waals surface area contributed by atoms with Crippen LogP contribution in [0.2, 0.25) is 0 Å². The predicted molar refractivity (Wildman–Crippen MR) is 56.9 cm³/mol. The fourth-order valence-electron chi connectivity index (χ4n) is 1.27. The molecule has 2 atom stereocenters. The molecule has 0 aromatic heterocycles. The lowest BCUT2D eigenvalue weighted by atomic mass is 9.94.